The molecule has 0 unspecified atom stereocenters. The Balaban J connectivity index is 0.000000164. The Morgan fingerprint density at radius 3 is 1.96 bits per heavy atom. The van der Waals surface area contributed by atoms with Gasteiger partial charge in [-0.3, -0.25) is 23.2 Å². The minimum atomic E-state index is -4.06. The van der Waals surface area contributed by atoms with Crippen molar-refractivity contribution < 1.29 is 116 Å². The number of benzene rings is 7. The molecule has 1 amide bonds. The number of methoxy groups -OCH3 is 1. The van der Waals surface area contributed by atoms with Gasteiger partial charge in [-0.25, -0.2) is 74.3 Å². The number of anilines is 3. The summed E-state index contributed by atoms with van der Waals surface area (Å²) in [6.07, 6.45) is 11.9. The number of ether oxygens (including phenoxy) is 6. The van der Waals surface area contributed by atoms with Crippen molar-refractivity contribution in [3.63, 3.8) is 0 Å². The molecular formula is C95H108F2N11O24PS2. The molecule has 7 aromatic carbocycles. The lowest BCUT2D eigenvalue weighted by Gasteiger charge is -2.25. The van der Waals surface area contributed by atoms with Crippen LogP contribution in [0.15, 0.2) is 197 Å². The Hall–Kier alpha value is -12.9. The minimum absolute atomic E-state index is 0.0599. The number of halogens is 2. The highest BCUT2D eigenvalue weighted by Gasteiger charge is 2.41. The van der Waals surface area contributed by atoms with E-state index in [2.05, 4.69) is 71.6 Å². The number of aromatic nitrogens is 5. The number of allylic oxidation sites excluding steroid dienone is 1. The first-order valence-corrected chi connectivity index (χ1v) is 48.5. The number of sulfone groups is 2. The maximum atomic E-state index is 15.3. The second-order valence-corrected chi connectivity index (χ2v) is 39.4. The van der Waals surface area contributed by atoms with Crippen LogP contribution in [0.4, 0.5) is 35.6 Å². The van der Waals surface area contributed by atoms with Crippen LogP contribution in [-0.4, -0.2) is 200 Å². The third-order valence-corrected chi connectivity index (χ3v) is 27.5. The summed E-state index contributed by atoms with van der Waals surface area (Å²) in [5, 5.41) is 34.7. The number of amides is 1. The van der Waals surface area contributed by atoms with Gasteiger partial charge in [0.2, 0.25) is 19.0 Å². The van der Waals surface area contributed by atoms with Gasteiger partial charge in [0.25, 0.3) is 5.91 Å². The molecule has 6 N–H and O–H groups in total. The molecule has 4 fully saturated rings. The number of aryl methyl sites for hydroxylation is 2. The molecule has 15 rings (SSSR count). The lowest BCUT2D eigenvalue weighted by atomic mass is 9.94. The number of aromatic carboxylic acids is 1. The number of pyridine rings is 1. The molecule has 5 atom stereocenters. The Bertz CT molecular complexity index is 6210. The van der Waals surface area contributed by atoms with E-state index >= 15 is 4.39 Å². The Kier molecular flexibility index (Phi) is 35.6. The number of hydrogen-bond donors (Lipinski definition) is 5. The molecule has 0 radical (unpaired) electrons. The van der Waals surface area contributed by atoms with Crippen molar-refractivity contribution in [3.05, 3.63) is 249 Å². The standard InChI is InChI=1S/C23H27NO2S.C21H24FN3O4.C19H30N5O10P.C18H17FN2O4S.C14H10O4/c1-24-14-5-6-21(24)17-20-12-11-19-10-9-18(16-23(19)20)13-15-27(25,26)22-7-3-2-4-8-22;1-29-20-17-13(19(26)14(21(27)28)9-25(17)12-4-5-12)7-15(22)18(20)24-8-11-3-2-6-23-16(11)10-24;1-12(2)33-18(25)28-9-31-35(27,32-10-29-19(26)34-13(3)4)11-30-14(5)6-24-8-23-15-16(20)21-7-22-17(15)24;1-12-9-15(6-3-13(12)10-20)21-17(22)18(2,23)11-26(24,25)16-7-4-14(19)5-8-16;15-13(11-7-3-1-4-8-11)17-18-14(16)12-9-5-2-6-10-12/h2-4,7-10,12,16,21H,5-6,11,13-15,17H2,1H3;7,9,11-12,16,23H,2-6,8,10H2,1H3,(H,27,28);7-8,12-14H,6,9-11H2,1-5H3,(H2,20,21,22);3-9,23H,11H2,1-2H3,(H,21,22);1-10H/t21-;11-,16+;14-;18-;/m1010./s1. The molecule has 35 nitrogen and oxygen atoms in total. The number of hydrogen-bond acceptors (Lipinski definition) is 31. The summed E-state index contributed by atoms with van der Waals surface area (Å²) >= 11 is 0. The highest BCUT2D eigenvalue weighted by molar-refractivity contribution is 7.91. The van der Waals surface area contributed by atoms with Crippen LogP contribution in [0.1, 0.15) is 151 Å². The van der Waals surface area contributed by atoms with Gasteiger partial charge in [0, 0.05) is 43.1 Å². The summed E-state index contributed by atoms with van der Waals surface area (Å²) in [7, 11) is -7.60. The fraction of sp³-hybridized carbons (Fsp3) is 0.379. The average molecular weight is 1920 g/mol. The van der Waals surface area contributed by atoms with Crippen LogP contribution in [0.2, 0.25) is 0 Å². The number of nitrogens with two attached hydrogens (primary N) is 1. The number of carboxylic acids is 1. The fourth-order valence-electron chi connectivity index (χ4n) is 15.3. The Morgan fingerprint density at radius 1 is 0.763 bits per heavy atom. The summed E-state index contributed by atoms with van der Waals surface area (Å²) < 4.78 is 135. The first-order chi connectivity index (χ1) is 64.3. The summed E-state index contributed by atoms with van der Waals surface area (Å²) in [6.45, 7) is 13.3. The van der Waals surface area contributed by atoms with Gasteiger partial charge >= 0.3 is 37.8 Å². The van der Waals surface area contributed by atoms with E-state index in [1.165, 1.54) is 80.2 Å². The largest absolute Gasteiger partial charge is 0.510 e. The lowest BCUT2D eigenvalue weighted by Crippen LogP contribution is -2.45. The molecule has 2 aliphatic carbocycles. The van der Waals surface area contributed by atoms with Crippen LogP contribution in [0, 0.1) is 35.8 Å². The van der Waals surface area contributed by atoms with Crippen LogP contribution >= 0.6 is 7.60 Å². The summed E-state index contributed by atoms with van der Waals surface area (Å²) in [5.74, 6) is -4.47. The maximum absolute atomic E-state index is 15.3. The van der Waals surface area contributed by atoms with Gasteiger partial charge in [-0.05, 0) is 245 Å². The number of fused-ring (bicyclic) bond motifs is 4. The van der Waals surface area contributed by atoms with E-state index in [0.29, 0.717) is 91.9 Å². The van der Waals surface area contributed by atoms with Crippen LogP contribution < -0.4 is 31.4 Å². The normalized spacial score (nSPS) is 16.3. The van der Waals surface area contributed by atoms with Crippen molar-refractivity contribution in [2.75, 3.05) is 87.7 Å². The molecule has 6 heterocycles. The fourth-order valence-corrected chi connectivity index (χ4v) is 19.3. The van der Waals surface area contributed by atoms with E-state index in [1.54, 1.807) is 142 Å². The smallest absolute Gasteiger partial charge is 0.492 e. The highest BCUT2D eigenvalue weighted by Crippen LogP contribution is 2.49. The van der Waals surface area contributed by atoms with Crippen molar-refractivity contribution in [2.24, 2.45) is 5.92 Å². The second-order valence-electron chi connectivity index (χ2n) is 33.3. The van der Waals surface area contributed by atoms with Crippen molar-refractivity contribution >= 4 is 108 Å². The quantitative estimate of drug-likeness (QED) is 0.00697. The molecule has 0 bridgehead atoms. The first kappa shape index (κ1) is 103. The third kappa shape index (κ3) is 28.4. The van der Waals surface area contributed by atoms with Gasteiger partial charge in [-0.15, -0.1) is 0 Å². The third-order valence-electron chi connectivity index (χ3n) is 22.3. The number of likely N-dealkylation sites (tertiary alicyclic amines) is 1. The minimum Gasteiger partial charge on any atom is -0.492 e. The van der Waals surface area contributed by atoms with E-state index in [1.807, 2.05) is 17.0 Å². The van der Waals surface area contributed by atoms with Crippen molar-refractivity contribution in [2.45, 2.75) is 165 Å². The second kappa shape index (κ2) is 46.8. The highest BCUT2D eigenvalue weighted by atomic mass is 32.2. The first-order valence-electron chi connectivity index (χ1n) is 43.4. The van der Waals surface area contributed by atoms with Crippen molar-refractivity contribution in [3.8, 4) is 11.8 Å². The number of carbonyl (C=O) groups is 6. The predicted molar refractivity (Wildman–Crippen MR) is 495 cm³/mol. The monoisotopic (exact) mass is 1920 g/mol. The number of rotatable bonds is 30. The molecular weight excluding hydrogens is 1810 g/mol. The van der Waals surface area contributed by atoms with E-state index < -0.39 is 130 Å². The molecule has 718 valence electrons. The van der Waals surface area contributed by atoms with Crippen LogP contribution in [-0.2, 0) is 90.9 Å². The van der Waals surface area contributed by atoms with E-state index in [9.17, 15) is 69.6 Å². The van der Waals surface area contributed by atoms with Gasteiger partial charge < -0.3 is 73.9 Å². The number of aliphatic hydroxyl groups is 1. The topological polar surface area (TPSA) is 466 Å². The number of carboxylic acid groups (broad SMARTS) is 1. The zero-order valence-electron chi connectivity index (χ0n) is 75.8. The summed E-state index contributed by atoms with van der Waals surface area (Å²) in [5.41, 5.74) is 11.6. The van der Waals surface area contributed by atoms with Gasteiger partial charge in [0.15, 0.2) is 48.3 Å². The number of carbonyl (C=O) groups excluding carboxylic acids is 5. The zero-order valence-corrected chi connectivity index (χ0v) is 78.4. The molecule has 40 heteroatoms. The van der Waals surface area contributed by atoms with Crippen LogP contribution in [0.3, 0.4) is 0 Å². The SMILES string of the molecule is CC(C)OC(=O)OCOP(=O)(CO[C@H](C)Cn1cnc2c(N)ncnc21)OCOC(=O)OC(C)C.CN1CCC[C@@H]1CC1=CCc2ccc(CCS(=O)(=O)c3ccccc3)cc21.COc1c(N2C[C@@H]3CCCN[C@@H]3C2)c(F)cc2c(=O)c(C(=O)O)cn(C3CC3)c12.Cc1cc(NC(=O)[C@@](C)(O)CS(=O)(=O)c2ccc(F)cc2)ccc1C#N.O=C(OOC(=O)c1ccccc1)c1ccccc1. The molecule has 5 aliphatic rings. The van der Waals surface area contributed by atoms with Crippen molar-refractivity contribution in [1.29, 1.82) is 5.26 Å². The number of imidazole rings is 1. The average Bonchev–Trinajstić information content (AvgIpc) is 1.67. The van der Waals surface area contributed by atoms with E-state index in [-0.39, 0.29) is 40.0 Å². The number of nitrogens with zero attached hydrogens (tertiary/aromatic N) is 8. The van der Waals surface area contributed by atoms with Crippen molar-refractivity contribution in [1.82, 2.24) is 34.3 Å². The van der Waals surface area contributed by atoms with Crippen LogP contribution in [0.25, 0.3) is 27.6 Å². The Labute approximate surface area is 779 Å². The Morgan fingerprint density at radius 2 is 1.39 bits per heavy atom. The maximum Gasteiger partial charge on any atom is 0.510 e. The van der Waals surface area contributed by atoms with E-state index in [0.717, 1.165) is 88.4 Å². The lowest BCUT2D eigenvalue weighted by molar-refractivity contribution is -0.187. The van der Waals surface area contributed by atoms with E-state index in [4.69, 9.17) is 48.5 Å². The van der Waals surface area contributed by atoms with Gasteiger partial charge in [-0.1, -0.05) is 78.9 Å². The zero-order chi connectivity index (χ0) is 97.5. The van der Waals surface area contributed by atoms with Gasteiger partial charge in [0.05, 0.1) is 93.3 Å². The van der Waals surface area contributed by atoms with Crippen LogP contribution in [0.5, 0.6) is 5.75 Å². The van der Waals surface area contributed by atoms with Gasteiger partial charge in [0.1, 0.15) is 35.3 Å². The number of nitriles is 1. The molecule has 0 spiro atoms. The van der Waals surface area contributed by atoms with Gasteiger partial charge in [-0.2, -0.15) is 5.26 Å². The number of nitrogens with one attached hydrogen (secondary N) is 2. The molecule has 1 saturated carbocycles. The molecule has 10 aromatic rings. The molecule has 3 aliphatic heterocycles. The number of nitrogen functional groups attached to an aromatic ring is 1. The summed E-state index contributed by atoms with van der Waals surface area (Å²) in [6, 6.07) is 44.7. The number of piperidine rings is 1. The molecule has 135 heavy (non-hydrogen) atoms. The molecule has 3 aromatic heterocycles. The predicted octanol–water partition coefficient (Wildman–Crippen LogP) is 14.3. The summed E-state index contributed by atoms with van der Waals surface area (Å²) in [4.78, 5) is 108. The molecule has 3 saturated heterocycles.